The van der Waals surface area contributed by atoms with Crippen LogP contribution in [0.1, 0.15) is 0 Å². The molecule has 0 atom stereocenters. The van der Waals surface area contributed by atoms with Crippen LogP contribution in [-0.4, -0.2) is 15.0 Å². The Kier molecular flexibility index (Phi) is 6.65. The smallest absolute Gasteiger partial charge is 0.164 e. The van der Waals surface area contributed by atoms with Crippen molar-refractivity contribution >= 4 is 42.3 Å². The minimum Gasteiger partial charge on any atom is -0.208 e. The molecule has 9 aromatic rings. The van der Waals surface area contributed by atoms with Crippen molar-refractivity contribution in [2.75, 3.05) is 0 Å². The van der Waals surface area contributed by atoms with Crippen LogP contribution in [-0.2, 0) is 0 Å². The number of nitrogens with zero attached hydrogens (tertiary/aromatic N) is 3. The van der Waals surface area contributed by atoms with E-state index in [1.54, 1.807) is 11.3 Å². The van der Waals surface area contributed by atoms with E-state index in [1.807, 2.05) is 24.3 Å². The first-order valence-electron chi connectivity index (χ1n) is 15.7. The zero-order valence-corrected chi connectivity index (χ0v) is 26.2. The molecule has 0 unspecified atom stereocenters. The molecule has 0 N–H and O–H groups in total. The summed E-state index contributed by atoms with van der Waals surface area (Å²) < 4.78 is 2.48. The van der Waals surface area contributed by atoms with E-state index in [1.165, 1.54) is 47.8 Å². The van der Waals surface area contributed by atoms with Gasteiger partial charge in [0.25, 0.3) is 0 Å². The molecule has 0 saturated heterocycles. The van der Waals surface area contributed by atoms with Crippen molar-refractivity contribution in [1.82, 2.24) is 15.0 Å². The Morgan fingerprint density at radius 3 is 1.64 bits per heavy atom. The second-order valence-corrected chi connectivity index (χ2v) is 12.8. The predicted octanol–water partition coefficient (Wildman–Crippen LogP) is 11.7. The maximum atomic E-state index is 5.14. The standard InChI is InChI=1S/C43H27N3S/c1-3-10-28(11-4-1)29-18-20-30(21-19-29)33-24-22-31-23-25-34(27-35(31)26-33)42-44-41(32-12-5-2-6-13-32)45-43(46-42)37-15-9-17-39-40(37)36-14-7-8-16-38(36)47-39/h1-27H. The van der Waals surface area contributed by atoms with E-state index in [0.29, 0.717) is 17.5 Å². The summed E-state index contributed by atoms with van der Waals surface area (Å²) in [6.45, 7) is 0. The second kappa shape index (κ2) is 11.4. The average Bonchev–Trinajstić information content (AvgIpc) is 3.54. The van der Waals surface area contributed by atoms with Gasteiger partial charge in [-0.25, -0.2) is 15.0 Å². The molecule has 9 rings (SSSR count). The number of hydrogen-bond donors (Lipinski definition) is 0. The van der Waals surface area contributed by atoms with Gasteiger partial charge < -0.3 is 0 Å². The number of rotatable bonds is 5. The summed E-state index contributed by atoms with van der Waals surface area (Å²) in [6.07, 6.45) is 0. The number of thiophene rings is 1. The molecule has 0 radical (unpaired) electrons. The van der Waals surface area contributed by atoms with Crippen molar-refractivity contribution in [2.24, 2.45) is 0 Å². The van der Waals surface area contributed by atoms with E-state index >= 15 is 0 Å². The molecule has 0 amide bonds. The zero-order valence-electron chi connectivity index (χ0n) is 25.3. The maximum absolute atomic E-state index is 5.14. The van der Waals surface area contributed by atoms with Crippen LogP contribution in [0.25, 0.3) is 87.4 Å². The predicted molar refractivity (Wildman–Crippen MR) is 197 cm³/mol. The molecule has 0 saturated carbocycles. The molecule has 0 fully saturated rings. The average molecular weight is 618 g/mol. The third-order valence-electron chi connectivity index (χ3n) is 8.73. The van der Waals surface area contributed by atoms with Crippen molar-refractivity contribution in [3.63, 3.8) is 0 Å². The second-order valence-electron chi connectivity index (χ2n) is 11.7. The van der Waals surface area contributed by atoms with Gasteiger partial charge in [-0.15, -0.1) is 11.3 Å². The van der Waals surface area contributed by atoms with Crippen molar-refractivity contribution in [3.8, 4) is 56.4 Å². The monoisotopic (exact) mass is 617 g/mol. The Morgan fingerprint density at radius 1 is 0.340 bits per heavy atom. The number of hydrogen-bond acceptors (Lipinski definition) is 4. The summed E-state index contributed by atoms with van der Waals surface area (Å²) in [5.41, 5.74) is 7.72. The number of fused-ring (bicyclic) bond motifs is 4. The van der Waals surface area contributed by atoms with Gasteiger partial charge >= 0.3 is 0 Å². The minimum absolute atomic E-state index is 0.657. The summed E-state index contributed by atoms with van der Waals surface area (Å²) in [7, 11) is 0. The van der Waals surface area contributed by atoms with Gasteiger partial charge in [0.05, 0.1) is 0 Å². The van der Waals surface area contributed by atoms with E-state index in [0.717, 1.165) is 22.1 Å². The van der Waals surface area contributed by atoms with Crippen LogP contribution < -0.4 is 0 Å². The third kappa shape index (κ3) is 5.05. The van der Waals surface area contributed by atoms with Crippen molar-refractivity contribution < 1.29 is 0 Å². The zero-order chi connectivity index (χ0) is 31.2. The van der Waals surface area contributed by atoms with Gasteiger partial charge in [0, 0.05) is 36.9 Å². The molecule has 7 aromatic carbocycles. The number of aromatic nitrogens is 3. The van der Waals surface area contributed by atoms with Crippen LogP contribution in [0, 0.1) is 0 Å². The van der Waals surface area contributed by atoms with E-state index < -0.39 is 0 Å². The summed E-state index contributed by atoms with van der Waals surface area (Å²) in [4.78, 5) is 15.2. The lowest BCUT2D eigenvalue weighted by molar-refractivity contribution is 1.08. The van der Waals surface area contributed by atoms with Crippen LogP contribution in [0.2, 0.25) is 0 Å². The van der Waals surface area contributed by atoms with E-state index in [4.69, 9.17) is 15.0 Å². The molecule has 0 spiro atoms. The van der Waals surface area contributed by atoms with Crippen LogP contribution in [0.4, 0.5) is 0 Å². The molecule has 2 aromatic heterocycles. The van der Waals surface area contributed by atoms with Gasteiger partial charge in [-0.05, 0) is 57.3 Å². The molecular weight excluding hydrogens is 591 g/mol. The molecule has 47 heavy (non-hydrogen) atoms. The Bertz CT molecular complexity index is 2550. The molecule has 3 nitrogen and oxygen atoms in total. The van der Waals surface area contributed by atoms with E-state index in [2.05, 4.69) is 140 Å². The fourth-order valence-electron chi connectivity index (χ4n) is 6.35. The van der Waals surface area contributed by atoms with Crippen LogP contribution in [0.5, 0.6) is 0 Å². The van der Waals surface area contributed by atoms with E-state index in [9.17, 15) is 0 Å². The molecule has 0 bridgehead atoms. The molecule has 0 aliphatic carbocycles. The van der Waals surface area contributed by atoms with Gasteiger partial charge in [-0.3, -0.25) is 0 Å². The lowest BCUT2D eigenvalue weighted by Gasteiger charge is -2.11. The third-order valence-corrected chi connectivity index (χ3v) is 9.87. The van der Waals surface area contributed by atoms with Gasteiger partial charge in [-0.2, -0.15) is 0 Å². The fourth-order valence-corrected chi connectivity index (χ4v) is 7.49. The highest BCUT2D eigenvalue weighted by atomic mass is 32.1. The van der Waals surface area contributed by atoms with E-state index in [-0.39, 0.29) is 0 Å². The van der Waals surface area contributed by atoms with Crippen molar-refractivity contribution in [2.45, 2.75) is 0 Å². The van der Waals surface area contributed by atoms with Gasteiger partial charge in [-0.1, -0.05) is 140 Å². The fraction of sp³-hybridized carbons (Fsp3) is 0. The molecule has 0 aliphatic heterocycles. The largest absolute Gasteiger partial charge is 0.208 e. The summed E-state index contributed by atoms with van der Waals surface area (Å²) in [6, 6.07) is 57.5. The topological polar surface area (TPSA) is 38.7 Å². The number of benzene rings is 7. The first-order valence-corrected chi connectivity index (χ1v) is 16.5. The normalized spacial score (nSPS) is 11.4. The highest BCUT2D eigenvalue weighted by Crippen LogP contribution is 2.40. The Hall–Kier alpha value is -5.97. The Balaban J connectivity index is 1.17. The Morgan fingerprint density at radius 2 is 0.872 bits per heavy atom. The maximum Gasteiger partial charge on any atom is 0.164 e. The quantitative estimate of drug-likeness (QED) is 0.193. The summed E-state index contributed by atoms with van der Waals surface area (Å²) in [5, 5.41) is 4.72. The molecule has 4 heteroatoms. The van der Waals surface area contributed by atoms with Gasteiger partial charge in [0.2, 0.25) is 0 Å². The van der Waals surface area contributed by atoms with Gasteiger partial charge in [0.15, 0.2) is 17.5 Å². The summed E-state index contributed by atoms with van der Waals surface area (Å²) in [5.74, 6) is 2.00. The molecule has 0 aliphatic rings. The lowest BCUT2D eigenvalue weighted by atomic mass is 9.97. The minimum atomic E-state index is 0.657. The molecular formula is C43H27N3S. The molecule has 2 heterocycles. The lowest BCUT2D eigenvalue weighted by Crippen LogP contribution is -2.00. The van der Waals surface area contributed by atoms with Crippen molar-refractivity contribution in [3.05, 3.63) is 164 Å². The highest BCUT2D eigenvalue weighted by molar-refractivity contribution is 7.25. The SMILES string of the molecule is c1ccc(-c2ccc(-c3ccc4ccc(-c5nc(-c6ccccc6)nc(-c6cccc7sc8ccccc8c67)n5)cc4c3)cc2)cc1. The highest BCUT2D eigenvalue weighted by Gasteiger charge is 2.17. The van der Waals surface area contributed by atoms with Crippen molar-refractivity contribution in [1.29, 1.82) is 0 Å². The first kappa shape index (κ1) is 27.3. The van der Waals surface area contributed by atoms with Crippen LogP contribution in [0.15, 0.2) is 164 Å². The molecule has 220 valence electrons. The summed E-state index contributed by atoms with van der Waals surface area (Å²) >= 11 is 1.80. The van der Waals surface area contributed by atoms with Gasteiger partial charge in [0.1, 0.15) is 0 Å². The van der Waals surface area contributed by atoms with Crippen LogP contribution >= 0.6 is 11.3 Å². The van der Waals surface area contributed by atoms with Crippen LogP contribution in [0.3, 0.4) is 0 Å². The first-order chi connectivity index (χ1) is 23.3. The Labute approximate surface area is 276 Å².